The summed E-state index contributed by atoms with van der Waals surface area (Å²) in [5, 5.41) is 6.30. The Morgan fingerprint density at radius 2 is 2.35 bits per heavy atom. The molecule has 2 atom stereocenters. The number of nitrogens with one attached hydrogen (secondary N) is 2. The predicted molar refractivity (Wildman–Crippen MR) is 87.3 cm³/mol. The van der Waals surface area contributed by atoms with E-state index < -0.39 is 0 Å². The zero-order valence-corrected chi connectivity index (χ0v) is 13.6. The smallest absolute Gasteiger partial charge is 0.231 e. The summed E-state index contributed by atoms with van der Waals surface area (Å²) in [7, 11) is 1.79. The van der Waals surface area contributed by atoms with Gasteiger partial charge in [0.25, 0.3) is 0 Å². The second-order valence-corrected chi connectivity index (χ2v) is 6.24. The lowest BCUT2D eigenvalue weighted by atomic mass is 10.0. The van der Waals surface area contributed by atoms with E-state index in [1.165, 1.54) is 0 Å². The first-order valence-electron chi connectivity index (χ1n) is 8.04. The first-order chi connectivity index (χ1) is 11.0. The molecule has 2 heterocycles. The Morgan fingerprint density at radius 1 is 1.52 bits per heavy atom. The van der Waals surface area contributed by atoms with Gasteiger partial charge in [0.15, 0.2) is 0 Å². The van der Waals surface area contributed by atoms with E-state index >= 15 is 0 Å². The van der Waals surface area contributed by atoms with Crippen molar-refractivity contribution in [1.82, 2.24) is 10.6 Å². The van der Waals surface area contributed by atoms with Crippen LogP contribution in [0.25, 0.3) is 0 Å². The molecule has 6 heteroatoms. The minimum Gasteiger partial charge on any atom is -0.378 e. The van der Waals surface area contributed by atoms with Crippen molar-refractivity contribution in [3.05, 3.63) is 29.3 Å². The molecule has 2 unspecified atom stereocenters. The SMILES string of the molecule is CC(NC(=O)CC1COCCN1)c1ccc2c(c1)CC(=O)N2C. The number of likely N-dealkylation sites (N-methyl/N-ethyl adjacent to an activating group) is 1. The fourth-order valence-electron chi connectivity index (χ4n) is 3.12. The number of carbonyl (C=O) groups is 2. The van der Waals surface area contributed by atoms with Crippen molar-refractivity contribution in [3.8, 4) is 0 Å². The van der Waals surface area contributed by atoms with Crippen LogP contribution in [-0.2, 0) is 20.7 Å². The number of hydrogen-bond acceptors (Lipinski definition) is 4. The van der Waals surface area contributed by atoms with E-state index in [0.717, 1.165) is 23.4 Å². The van der Waals surface area contributed by atoms with E-state index in [2.05, 4.69) is 10.6 Å². The topological polar surface area (TPSA) is 70.7 Å². The highest BCUT2D eigenvalue weighted by Gasteiger charge is 2.25. The summed E-state index contributed by atoms with van der Waals surface area (Å²) in [4.78, 5) is 25.6. The molecule has 0 aromatic heterocycles. The molecule has 0 saturated carbocycles. The fourth-order valence-corrected chi connectivity index (χ4v) is 3.12. The van der Waals surface area contributed by atoms with Crippen molar-refractivity contribution in [1.29, 1.82) is 0 Å². The quantitative estimate of drug-likeness (QED) is 0.860. The van der Waals surface area contributed by atoms with Crippen LogP contribution in [0.1, 0.15) is 30.5 Å². The van der Waals surface area contributed by atoms with Gasteiger partial charge in [-0.05, 0) is 24.1 Å². The van der Waals surface area contributed by atoms with E-state index in [1.54, 1.807) is 11.9 Å². The van der Waals surface area contributed by atoms with Crippen molar-refractivity contribution < 1.29 is 14.3 Å². The van der Waals surface area contributed by atoms with E-state index in [4.69, 9.17) is 4.74 Å². The van der Waals surface area contributed by atoms with Crippen molar-refractivity contribution in [2.24, 2.45) is 0 Å². The van der Waals surface area contributed by atoms with Gasteiger partial charge in [0, 0.05) is 31.7 Å². The third kappa shape index (κ3) is 3.54. The largest absolute Gasteiger partial charge is 0.378 e. The van der Waals surface area contributed by atoms with Crippen LogP contribution in [0.4, 0.5) is 5.69 Å². The zero-order valence-electron chi connectivity index (χ0n) is 13.6. The minimum absolute atomic E-state index is 0.00851. The second kappa shape index (κ2) is 6.68. The van der Waals surface area contributed by atoms with E-state index in [9.17, 15) is 9.59 Å². The number of ether oxygens (including phenoxy) is 1. The Labute approximate surface area is 136 Å². The van der Waals surface area contributed by atoms with Crippen LogP contribution >= 0.6 is 0 Å². The molecule has 1 aromatic carbocycles. The van der Waals surface area contributed by atoms with E-state index in [1.807, 2.05) is 25.1 Å². The first kappa shape index (κ1) is 16.0. The average molecular weight is 317 g/mol. The lowest BCUT2D eigenvalue weighted by Gasteiger charge is -2.24. The second-order valence-electron chi connectivity index (χ2n) is 6.24. The Bertz CT molecular complexity index is 611. The van der Waals surface area contributed by atoms with E-state index in [-0.39, 0.29) is 23.9 Å². The van der Waals surface area contributed by atoms with Crippen molar-refractivity contribution >= 4 is 17.5 Å². The van der Waals surface area contributed by atoms with Crippen LogP contribution < -0.4 is 15.5 Å². The molecule has 0 aliphatic carbocycles. The molecule has 23 heavy (non-hydrogen) atoms. The van der Waals surface area contributed by atoms with Gasteiger partial charge in [-0.1, -0.05) is 12.1 Å². The van der Waals surface area contributed by atoms with Crippen molar-refractivity contribution in [2.45, 2.75) is 31.8 Å². The van der Waals surface area contributed by atoms with Gasteiger partial charge in [0.05, 0.1) is 25.7 Å². The molecule has 1 fully saturated rings. The maximum Gasteiger partial charge on any atom is 0.231 e. The highest BCUT2D eigenvalue weighted by atomic mass is 16.5. The lowest BCUT2D eigenvalue weighted by Crippen LogP contribution is -2.44. The normalized spacial score (nSPS) is 21.9. The van der Waals surface area contributed by atoms with Crippen LogP contribution in [-0.4, -0.2) is 44.7 Å². The molecule has 0 bridgehead atoms. The summed E-state index contributed by atoms with van der Waals surface area (Å²) in [6, 6.07) is 5.94. The average Bonchev–Trinajstić information content (AvgIpc) is 2.82. The number of hydrogen-bond donors (Lipinski definition) is 2. The van der Waals surface area contributed by atoms with Crippen LogP contribution in [0.5, 0.6) is 0 Å². The molecule has 1 saturated heterocycles. The molecule has 0 radical (unpaired) electrons. The highest BCUT2D eigenvalue weighted by Crippen LogP contribution is 2.30. The van der Waals surface area contributed by atoms with Gasteiger partial charge < -0.3 is 20.3 Å². The summed E-state index contributed by atoms with van der Waals surface area (Å²) < 4.78 is 5.36. The van der Waals surface area contributed by atoms with Crippen LogP contribution in [0.15, 0.2) is 18.2 Å². The van der Waals surface area contributed by atoms with Crippen molar-refractivity contribution in [2.75, 3.05) is 31.7 Å². The van der Waals surface area contributed by atoms with Crippen molar-refractivity contribution in [3.63, 3.8) is 0 Å². The molecule has 6 nitrogen and oxygen atoms in total. The van der Waals surface area contributed by atoms with Crippen LogP contribution in [0.3, 0.4) is 0 Å². The summed E-state index contributed by atoms with van der Waals surface area (Å²) in [6.45, 7) is 4.04. The summed E-state index contributed by atoms with van der Waals surface area (Å²) in [5.41, 5.74) is 3.01. The van der Waals surface area contributed by atoms with Gasteiger partial charge in [-0.25, -0.2) is 0 Å². The fraction of sp³-hybridized carbons (Fsp3) is 0.529. The summed E-state index contributed by atoms with van der Waals surface area (Å²) >= 11 is 0. The van der Waals surface area contributed by atoms with Gasteiger partial charge in [0.2, 0.25) is 11.8 Å². The molecule has 2 aliphatic heterocycles. The van der Waals surface area contributed by atoms with Crippen LogP contribution in [0.2, 0.25) is 0 Å². The number of carbonyl (C=O) groups excluding carboxylic acids is 2. The number of fused-ring (bicyclic) bond motifs is 1. The maximum absolute atomic E-state index is 12.2. The van der Waals surface area contributed by atoms with Crippen LogP contribution in [0, 0.1) is 0 Å². The Balaban J connectivity index is 1.60. The monoisotopic (exact) mass is 317 g/mol. The third-order valence-corrected chi connectivity index (χ3v) is 4.49. The molecule has 2 aliphatic rings. The molecular weight excluding hydrogens is 294 g/mol. The molecule has 124 valence electrons. The predicted octanol–water partition coefficient (Wildman–Crippen LogP) is 0.761. The minimum atomic E-state index is -0.0849. The van der Waals surface area contributed by atoms with Gasteiger partial charge >= 0.3 is 0 Å². The third-order valence-electron chi connectivity index (χ3n) is 4.49. The first-order valence-corrected chi connectivity index (χ1v) is 8.04. The lowest BCUT2D eigenvalue weighted by molar-refractivity contribution is -0.123. The molecule has 2 N–H and O–H groups in total. The molecule has 3 rings (SSSR count). The Hall–Kier alpha value is -1.92. The standard InChI is InChI=1S/C17H23N3O3/c1-11(19-16(21)9-14-10-23-6-5-18-14)12-3-4-15-13(7-12)8-17(22)20(15)2/h3-4,7,11,14,18H,5-6,8-10H2,1-2H3,(H,19,21). The number of anilines is 1. The maximum atomic E-state index is 12.2. The van der Waals surface area contributed by atoms with E-state index in [0.29, 0.717) is 26.1 Å². The van der Waals surface area contributed by atoms with Gasteiger partial charge in [0.1, 0.15) is 0 Å². The van der Waals surface area contributed by atoms with Gasteiger partial charge in [-0.3, -0.25) is 9.59 Å². The molecular formula is C17H23N3O3. The Morgan fingerprint density at radius 3 is 3.09 bits per heavy atom. The Kier molecular flexibility index (Phi) is 4.63. The number of amides is 2. The number of rotatable bonds is 4. The summed E-state index contributed by atoms with van der Waals surface area (Å²) in [5.74, 6) is 0.117. The van der Waals surface area contributed by atoms with Gasteiger partial charge in [-0.15, -0.1) is 0 Å². The van der Waals surface area contributed by atoms with Gasteiger partial charge in [-0.2, -0.15) is 0 Å². The number of morpholine rings is 1. The molecule has 2 amide bonds. The number of nitrogens with zero attached hydrogens (tertiary/aromatic N) is 1. The molecule has 0 spiro atoms. The zero-order chi connectivity index (χ0) is 16.4. The highest BCUT2D eigenvalue weighted by molar-refractivity contribution is 6.00. The molecule has 1 aromatic rings. The number of benzene rings is 1. The summed E-state index contributed by atoms with van der Waals surface area (Å²) in [6.07, 6.45) is 0.847.